The fourth-order valence-corrected chi connectivity index (χ4v) is 3.44. The zero-order valence-electron chi connectivity index (χ0n) is 9.12. The summed E-state index contributed by atoms with van der Waals surface area (Å²) < 4.78 is 27.8. The first-order valence-corrected chi connectivity index (χ1v) is 8.62. The number of halogens is 2. The predicted octanol–water partition coefficient (Wildman–Crippen LogP) is 2.53. The molecule has 0 saturated heterocycles. The van der Waals surface area contributed by atoms with E-state index in [4.69, 9.17) is 5.73 Å². The molecule has 0 aromatic heterocycles. The molecule has 0 atom stereocenters. The van der Waals surface area contributed by atoms with Crippen molar-refractivity contribution < 1.29 is 8.42 Å². The van der Waals surface area contributed by atoms with E-state index >= 15 is 0 Å². The van der Waals surface area contributed by atoms with Gasteiger partial charge in [-0.2, -0.15) is 0 Å². The lowest BCUT2D eigenvalue weighted by Gasteiger charge is -2.09. The summed E-state index contributed by atoms with van der Waals surface area (Å²) in [6.07, 6.45) is 1.30. The molecule has 1 aromatic rings. The van der Waals surface area contributed by atoms with Crippen molar-refractivity contribution in [3.63, 3.8) is 0 Å². The average Bonchev–Trinajstić information content (AvgIpc) is 2.23. The number of sulfonamides is 1. The van der Waals surface area contributed by atoms with Crippen LogP contribution in [0.1, 0.15) is 12.8 Å². The quantitative estimate of drug-likeness (QED) is 0.535. The van der Waals surface area contributed by atoms with Crippen LogP contribution in [0.3, 0.4) is 0 Å². The maximum atomic E-state index is 11.8. The van der Waals surface area contributed by atoms with Gasteiger partial charge in [0.1, 0.15) is 0 Å². The predicted molar refractivity (Wildman–Crippen MR) is 82.6 cm³/mol. The Morgan fingerprint density at radius 2 is 2.06 bits per heavy atom. The second-order valence-electron chi connectivity index (χ2n) is 3.54. The zero-order valence-corrected chi connectivity index (χ0v) is 13.7. The monoisotopic (exact) mass is 432 g/mol. The number of nitrogens with one attached hydrogen (secondary N) is 1. The fourth-order valence-electron chi connectivity index (χ4n) is 1.23. The summed E-state index contributed by atoms with van der Waals surface area (Å²) in [7, 11) is -3.28. The maximum absolute atomic E-state index is 11.8. The Bertz CT molecular complexity index is 479. The van der Waals surface area contributed by atoms with Crippen LogP contribution in [0.5, 0.6) is 0 Å². The Morgan fingerprint density at radius 1 is 1.35 bits per heavy atom. The van der Waals surface area contributed by atoms with Crippen molar-refractivity contribution in [2.45, 2.75) is 12.8 Å². The van der Waals surface area contributed by atoms with Gasteiger partial charge in [0.15, 0.2) is 0 Å². The van der Waals surface area contributed by atoms with Crippen LogP contribution in [0.2, 0.25) is 0 Å². The van der Waals surface area contributed by atoms with Gasteiger partial charge in [0.2, 0.25) is 10.0 Å². The van der Waals surface area contributed by atoms with E-state index in [1.165, 1.54) is 0 Å². The standard InChI is InChI=1S/C10H14BrIN2O2S/c11-8-3-4-9(12)10(7-8)14-17(15,16)6-2-1-5-13/h3-4,7,14H,1-2,5-6,13H2. The number of nitrogens with two attached hydrogens (primary N) is 1. The normalized spacial score (nSPS) is 11.5. The number of anilines is 1. The Morgan fingerprint density at radius 3 is 2.71 bits per heavy atom. The van der Waals surface area contributed by atoms with Crippen molar-refractivity contribution in [3.8, 4) is 0 Å². The van der Waals surface area contributed by atoms with E-state index < -0.39 is 10.0 Å². The molecule has 0 unspecified atom stereocenters. The van der Waals surface area contributed by atoms with E-state index in [9.17, 15) is 8.42 Å². The summed E-state index contributed by atoms with van der Waals surface area (Å²) in [5, 5.41) is 0. The van der Waals surface area contributed by atoms with Gasteiger partial charge in [0.25, 0.3) is 0 Å². The van der Waals surface area contributed by atoms with Gasteiger partial charge in [-0.1, -0.05) is 15.9 Å². The van der Waals surface area contributed by atoms with Crippen LogP contribution in [-0.2, 0) is 10.0 Å². The molecule has 17 heavy (non-hydrogen) atoms. The highest BCUT2D eigenvalue weighted by atomic mass is 127. The Hall–Kier alpha value is 0.140. The maximum Gasteiger partial charge on any atom is 0.232 e. The van der Waals surface area contributed by atoms with Gasteiger partial charge in [-0.15, -0.1) is 0 Å². The van der Waals surface area contributed by atoms with Crippen molar-refractivity contribution in [2.24, 2.45) is 5.73 Å². The third kappa shape index (κ3) is 5.54. The summed E-state index contributed by atoms with van der Waals surface area (Å²) in [5.74, 6) is 0.104. The van der Waals surface area contributed by atoms with E-state index in [1.807, 2.05) is 12.1 Å². The van der Waals surface area contributed by atoms with Gasteiger partial charge in [0, 0.05) is 8.04 Å². The molecule has 0 heterocycles. The lowest BCUT2D eigenvalue weighted by molar-refractivity contribution is 0.597. The number of hydrogen-bond donors (Lipinski definition) is 2. The van der Waals surface area contributed by atoms with Crippen LogP contribution in [0.25, 0.3) is 0 Å². The van der Waals surface area contributed by atoms with Gasteiger partial charge < -0.3 is 5.73 Å². The van der Waals surface area contributed by atoms with Crippen molar-refractivity contribution in [2.75, 3.05) is 17.0 Å². The molecule has 0 aliphatic heterocycles. The minimum Gasteiger partial charge on any atom is -0.330 e. The Kier molecular flexibility index (Phi) is 6.18. The SMILES string of the molecule is NCCCCS(=O)(=O)Nc1cc(Br)ccc1I. The van der Waals surface area contributed by atoms with Crippen LogP contribution < -0.4 is 10.5 Å². The molecule has 0 aliphatic rings. The molecular formula is C10H14BrIN2O2S. The highest BCUT2D eigenvalue weighted by molar-refractivity contribution is 14.1. The second kappa shape index (κ2) is 6.91. The summed E-state index contributed by atoms with van der Waals surface area (Å²) in [6.45, 7) is 0.518. The molecule has 7 heteroatoms. The van der Waals surface area contributed by atoms with Crippen molar-refractivity contribution >= 4 is 54.2 Å². The molecule has 0 saturated carbocycles. The fraction of sp³-hybridized carbons (Fsp3) is 0.400. The van der Waals surface area contributed by atoms with Crippen molar-refractivity contribution in [1.82, 2.24) is 0 Å². The van der Waals surface area contributed by atoms with E-state index in [1.54, 1.807) is 6.07 Å². The van der Waals surface area contributed by atoms with Gasteiger partial charge in [-0.3, -0.25) is 4.72 Å². The van der Waals surface area contributed by atoms with E-state index in [0.29, 0.717) is 18.7 Å². The first-order chi connectivity index (χ1) is 7.94. The lowest BCUT2D eigenvalue weighted by atomic mass is 10.3. The van der Waals surface area contributed by atoms with Crippen molar-refractivity contribution in [1.29, 1.82) is 0 Å². The van der Waals surface area contributed by atoms with Gasteiger partial charge in [-0.25, -0.2) is 8.42 Å². The molecule has 1 aromatic carbocycles. The summed E-state index contributed by atoms with van der Waals surface area (Å²) in [4.78, 5) is 0. The average molecular weight is 433 g/mol. The number of benzene rings is 1. The third-order valence-electron chi connectivity index (χ3n) is 2.06. The highest BCUT2D eigenvalue weighted by Crippen LogP contribution is 2.24. The van der Waals surface area contributed by atoms with Crippen LogP contribution in [0, 0.1) is 3.57 Å². The van der Waals surface area contributed by atoms with Crippen LogP contribution in [0.15, 0.2) is 22.7 Å². The van der Waals surface area contributed by atoms with Crippen LogP contribution in [0.4, 0.5) is 5.69 Å². The highest BCUT2D eigenvalue weighted by Gasteiger charge is 2.12. The minimum absolute atomic E-state index is 0.104. The molecule has 0 fully saturated rings. The first kappa shape index (κ1) is 15.2. The molecule has 96 valence electrons. The number of hydrogen-bond acceptors (Lipinski definition) is 3. The molecule has 0 radical (unpaired) electrons. The van der Waals surface area contributed by atoms with E-state index in [0.717, 1.165) is 14.5 Å². The molecule has 0 amide bonds. The molecular weight excluding hydrogens is 419 g/mol. The first-order valence-electron chi connectivity index (χ1n) is 5.10. The van der Waals surface area contributed by atoms with E-state index in [2.05, 4.69) is 43.2 Å². The van der Waals surface area contributed by atoms with Gasteiger partial charge in [-0.05, 0) is 60.2 Å². The van der Waals surface area contributed by atoms with Crippen molar-refractivity contribution in [3.05, 3.63) is 26.2 Å². The minimum atomic E-state index is -3.28. The van der Waals surface area contributed by atoms with Gasteiger partial charge in [0.05, 0.1) is 11.4 Å². The molecule has 0 aliphatic carbocycles. The van der Waals surface area contributed by atoms with E-state index in [-0.39, 0.29) is 5.75 Å². The molecule has 4 nitrogen and oxygen atoms in total. The largest absolute Gasteiger partial charge is 0.330 e. The van der Waals surface area contributed by atoms with Crippen LogP contribution in [-0.4, -0.2) is 20.7 Å². The zero-order chi connectivity index (χ0) is 12.9. The van der Waals surface area contributed by atoms with Crippen LogP contribution >= 0.6 is 38.5 Å². The Labute approximate surface area is 124 Å². The summed E-state index contributed by atoms with van der Waals surface area (Å²) in [5.41, 5.74) is 5.94. The summed E-state index contributed by atoms with van der Waals surface area (Å²) >= 11 is 5.41. The number of unbranched alkanes of at least 4 members (excludes halogenated alkanes) is 1. The summed E-state index contributed by atoms with van der Waals surface area (Å²) in [6, 6.07) is 5.47. The lowest BCUT2D eigenvalue weighted by Crippen LogP contribution is -2.18. The topological polar surface area (TPSA) is 72.2 Å². The molecule has 0 bridgehead atoms. The van der Waals surface area contributed by atoms with Gasteiger partial charge >= 0.3 is 0 Å². The second-order valence-corrected chi connectivity index (χ2v) is 7.46. The Balaban J connectivity index is 2.72. The smallest absolute Gasteiger partial charge is 0.232 e. The number of rotatable bonds is 6. The molecule has 3 N–H and O–H groups in total. The molecule has 0 spiro atoms. The molecule has 1 rings (SSSR count). The third-order valence-corrected chi connectivity index (χ3v) is 4.85.